The molecule has 0 saturated carbocycles. The number of rotatable bonds is 5. The predicted octanol–water partition coefficient (Wildman–Crippen LogP) is 3.89. The summed E-state index contributed by atoms with van der Waals surface area (Å²) in [5, 5.41) is 13.0. The van der Waals surface area contributed by atoms with E-state index in [1.54, 1.807) is 0 Å². The molecule has 0 N–H and O–H groups in total. The first-order chi connectivity index (χ1) is 15.9. The Hall–Kier alpha value is -3.26. The fourth-order valence-corrected chi connectivity index (χ4v) is 4.87. The fourth-order valence-electron chi connectivity index (χ4n) is 4.87. The number of nitrogens with zero attached hydrogens (tertiary/aromatic N) is 7. The number of aryl methyl sites for hydroxylation is 1. The first-order valence-electron chi connectivity index (χ1n) is 11.6. The molecule has 3 aliphatic heterocycles. The van der Waals surface area contributed by atoms with E-state index in [0.717, 1.165) is 31.0 Å². The van der Waals surface area contributed by atoms with Gasteiger partial charge in [-0.15, -0.1) is 15.3 Å². The van der Waals surface area contributed by atoms with Crippen molar-refractivity contribution in [1.82, 2.24) is 34.8 Å². The van der Waals surface area contributed by atoms with Crippen LogP contribution in [0.4, 0.5) is 0 Å². The van der Waals surface area contributed by atoms with Gasteiger partial charge in [0.25, 0.3) is 5.89 Å². The number of hydrogen-bond donors (Lipinski definition) is 0. The Bertz CT molecular complexity index is 1230. The van der Waals surface area contributed by atoms with E-state index in [1.807, 2.05) is 41.9 Å². The Morgan fingerprint density at radius 1 is 1.03 bits per heavy atom. The van der Waals surface area contributed by atoms with Crippen molar-refractivity contribution >= 4 is 0 Å². The van der Waals surface area contributed by atoms with Crippen LogP contribution in [0.25, 0.3) is 23.2 Å². The van der Waals surface area contributed by atoms with Crippen LogP contribution < -0.4 is 0 Å². The van der Waals surface area contributed by atoms with Crippen molar-refractivity contribution in [1.29, 1.82) is 0 Å². The molecule has 2 fully saturated rings. The van der Waals surface area contributed by atoms with Gasteiger partial charge in [-0.25, -0.2) is 9.67 Å². The van der Waals surface area contributed by atoms with Gasteiger partial charge in [-0.3, -0.25) is 4.90 Å². The smallest absolute Gasteiger partial charge is 0.287 e. The molecule has 3 aromatic rings. The Morgan fingerprint density at radius 2 is 1.79 bits per heavy atom. The normalized spacial score (nSPS) is 24.0. The number of hydrogen-bond acceptors (Lipinski definition) is 7. The van der Waals surface area contributed by atoms with E-state index in [4.69, 9.17) is 4.42 Å². The molecule has 8 nitrogen and oxygen atoms in total. The average Bonchev–Trinajstić information content (AvgIpc) is 3.13. The van der Waals surface area contributed by atoms with Gasteiger partial charge in [0.2, 0.25) is 11.7 Å². The van der Waals surface area contributed by atoms with Gasteiger partial charge in [-0.05, 0) is 55.0 Å². The van der Waals surface area contributed by atoms with Gasteiger partial charge in [0.15, 0.2) is 0 Å². The van der Waals surface area contributed by atoms with Gasteiger partial charge in [0.05, 0.1) is 13.1 Å². The molecule has 170 valence electrons. The highest BCUT2D eigenvalue weighted by Crippen LogP contribution is 2.45. The van der Waals surface area contributed by atoms with Crippen LogP contribution in [0.2, 0.25) is 0 Å². The molecular formula is C25H29N7O. The molecule has 0 spiro atoms. The topological polar surface area (TPSA) is 75.9 Å². The molecule has 0 radical (unpaired) electrons. The molecule has 2 saturated heterocycles. The van der Waals surface area contributed by atoms with Crippen LogP contribution in [0, 0.1) is 12.3 Å². The maximum Gasteiger partial charge on any atom is 0.287 e. The van der Waals surface area contributed by atoms with Crippen LogP contribution in [0.3, 0.4) is 0 Å². The number of likely N-dealkylation sites (tertiary alicyclic amines) is 1. The van der Waals surface area contributed by atoms with Gasteiger partial charge < -0.3 is 9.32 Å². The molecule has 0 amide bonds. The minimum absolute atomic E-state index is 0.0506. The van der Waals surface area contributed by atoms with Crippen LogP contribution in [-0.4, -0.2) is 60.1 Å². The second kappa shape index (κ2) is 7.38. The summed E-state index contributed by atoms with van der Waals surface area (Å²) < 4.78 is 7.77. The van der Waals surface area contributed by atoms with E-state index in [-0.39, 0.29) is 5.66 Å². The molecular weight excluding hydrogens is 414 g/mol. The first-order valence-corrected chi connectivity index (χ1v) is 11.6. The van der Waals surface area contributed by atoms with Crippen LogP contribution in [0.5, 0.6) is 0 Å². The van der Waals surface area contributed by atoms with E-state index in [9.17, 15) is 0 Å². The summed E-state index contributed by atoms with van der Waals surface area (Å²) in [5.41, 5.74) is 2.64. The molecule has 2 aromatic heterocycles. The third-order valence-electron chi connectivity index (χ3n) is 7.17. The summed E-state index contributed by atoms with van der Waals surface area (Å²) >= 11 is 0. The van der Waals surface area contributed by atoms with E-state index in [2.05, 4.69) is 62.3 Å². The fraction of sp³-hybridized carbons (Fsp3) is 0.440. The quantitative estimate of drug-likeness (QED) is 0.554. The SMILES string of the molecule is Cc1nc(-c2nnc(-c3ccccc3)o2)nn1CC1=C[C@]2(N3CCC(C)(C)CC3)CN2C=C1. The summed E-state index contributed by atoms with van der Waals surface area (Å²) in [5.74, 6) is 2.09. The zero-order valence-electron chi connectivity index (χ0n) is 19.4. The summed E-state index contributed by atoms with van der Waals surface area (Å²) in [6, 6.07) is 9.73. The summed E-state index contributed by atoms with van der Waals surface area (Å²) in [6.07, 6.45) is 9.34. The maximum absolute atomic E-state index is 5.85. The molecule has 0 aliphatic carbocycles. The molecule has 5 heterocycles. The molecule has 1 aromatic carbocycles. The highest BCUT2D eigenvalue weighted by molar-refractivity contribution is 5.54. The minimum atomic E-state index is 0.0506. The molecule has 8 heteroatoms. The van der Waals surface area contributed by atoms with E-state index >= 15 is 0 Å². The third-order valence-corrected chi connectivity index (χ3v) is 7.17. The number of benzene rings is 1. The number of aromatic nitrogens is 5. The Labute approximate surface area is 193 Å². The number of fused-ring (bicyclic) bond motifs is 1. The standard InChI is InChI=1S/C25H29N7O/c1-18-26-21(23-28-27-22(33-23)20-7-5-4-6-8-20)29-32(18)16-19-9-12-31-17-25(31,15-19)30-13-10-24(2,3)11-14-30/h4-9,12,15H,10-11,13-14,16-17H2,1-3H3/t25-,31?/m1/s1. The lowest BCUT2D eigenvalue weighted by Crippen LogP contribution is -2.47. The Balaban J connectivity index is 1.20. The molecule has 0 unspecified atom stereocenters. The summed E-state index contributed by atoms with van der Waals surface area (Å²) in [4.78, 5) is 9.66. The van der Waals surface area contributed by atoms with Crippen molar-refractivity contribution in [2.75, 3.05) is 19.6 Å². The van der Waals surface area contributed by atoms with E-state index < -0.39 is 0 Å². The monoisotopic (exact) mass is 443 g/mol. The Morgan fingerprint density at radius 3 is 2.58 bits per heavy atom. The highest BCUT2D eigenvalue weighted by Gasteiger charge is 2.55. The van der Waals surface area contributed by atoms with Crippen LogP contribution in [0.1, 0.15) is 32.5 Å². The lowest BCUT2D eigenvalue weighted by molar-refractivity contribution is 0.0835. The Kier molecular flexibility index (Phi) is 4.55. The second-order valence-corrected chi connectivity index (χ2v) is 10.1. The van der Waals surface area contributed by atoms with E-state index in [0.29, 0.717) is 29.6 Å². The first kappa shape index (κ1) is 20.4. The molecule has 3 aliphatic rings. The summed E-state index contributed by atoms with van der Waals surface area (Å²) in [7, 11) is 0. The van der Waals surface area contributed by atoms with Crippen molar-refractivity contribution in [3.8, 4) is 23.2 Å². The predicted molar refractivity (Wildman–Crippen MR) is 125 cm³/mol. The lowest BCUT2D eigenvalue weighted by atomic mass is 9.82. The van der Waals surface area contributed by atoms with Crippen LogP contribution >= 0.6 is 0 Å². The van der Waals surface area contributed by atoms with Crippen molar-refractivity contribution in [2.24, 2.45) is 5.41 Å². The zero-order valence-corrected chi connectivity index (χ0v) is 19.4. The van der Waals surface area contributed by atoms with Gasteiger partial charge in [0.1, 0.15) is 11.5 Å². The maximum atomic E-state index is 5.85. The van der Waals surface area contributed by atoms with Crippen molar-refractivity contribution < 1.29 is 4.42 Å². The molecule has 0 bridgehead atoms. The van der Waals surface area contributed by atoms with Crippen LogP contribution in [-0.2, 0) is 6.54 Å². The van der Waals surface area contributed by atoms with Crippen molar-refractivity contribution in [3.63, 3.8) is 0 Å². The average molecular weight is 444 g/mol. The lowest BCUT2D eigenvalue weighted by Gasteiger charge is -2.41. The zero-order chi connectivity index (χ0) is 22.6. The summed E-state index contributed by atoms with van der Waals surface area (Å²) in [6.45, 7) is 10.8. The number of allylic oxidation sites excluding steroid dienone is 2. The second-order valence-electron chi connectivity index (χ2n) is 10.1. The minimum Gasteiger partial charge on any atom is -0.413 e. The third kappa shape index (κ3) is 3.68. The molecule has 1 atom stereocenters. The van der Waals surface area contributed by atoms with Gasteiger partial charge >= 0.3 is 0 Å². The molecule has 33 heavy (non-hydrogen) atoms. The van der Waals surface area contributed by atoms with Crippen LogP contribution in [0.15, 0.2) is 58.7 Å². The van der Waals surface area contributed by atoms with Crippen molar-refractivity contribution in [3.05, 3.63) is 60.1 Å². The van der Waals surface area contributed by atoms with Gasteiger partial charge in [-0.1, -0.05) is 32.0 Å². The number of piperidine rings is 1. The van der Waals surface area contributed by atoms with Gasteiger partial charge in [0, 0.05) is 24.9 Å². The van der Waals surface area contributed by atoms with Crippen molar-refractivity contribution in [2.45, 2.75) is 45.8 Å². The van der Waals surface area contributed by atoms with E-state index in [1.165, 1.54) is 18.4 Å². The largest absolute Gasteiger partial charge is 0.413 e. The van der Waals surface area contributed by atoms with Gasteiger partial charge in [-0.2, -0.15) is 0 Å². The highest BCUT2D eigenvalue weighted by atomic mass is 16.4. The molecule has 6 rings (SSSR count).